The summed E-state index contributed by atoms with van der Waals surface area (Å²) in [6.45, 7) is 0. The summed E-state index contributed by atoms with van der Waals surface area (Å²) in [5.41, 5.74) is 0.120. The van der Waals surface area contributed by atoms with Gasteiger partial charge in [-0.15, -0.1) is 10.2 Å². The van der Waals surface area contributed by atoms with Crippen molar-refractivity contribution in [1.82, 2.24) is 35.3 Å². The molecule has 0 fully saturated rings. The van der Waals surface area contributed by atoms with E-state index in [0.29, 0.717) is 0 Å². The van der Waals surface area contributed by atoms with Gasteiger partial charge in [0, 0.05) is 14.1 Å². The van der Waals surface area contributed by atoms with Gasteiger partial charge in [0.25, 0.3) is 11.8 Å². The molecule has 0 unspecified atom stereocenters. The fourth-order valence-electron chi connectivity index (χ4n) is 1.13. The van der Waals surface area contributed by atoms with Crippen molar-refractivity contribution in [1.29, 1.82) is 0 Å². The van der Waals surface area contributed by atoms with E-state index in [0.717, 1.165) is 0 Å². The van der Waals surface area contributed by atoms with Crippen molar-refractivity contribution in [2.24, 2.45) is 14.1 Å². The van der Waals surface area contributed by atoms with Gasteiger partial charge in [0.05, 0.1) is 12.4 Å². The van der Waals surface area contributed by atoms with E-state index in [1.165, 1.54) is 21.8 Å². The molecule has 0 aliphatic rings. The summed E-state index contributed by atoms with van der Waals surface area (Å²) in [6, 6.07) is 0. The molecule has 0 spiro atoms. The summed E-state index contributed by atoms with van der Waals surface area (Å²) in [5, 5.41) is 16.4. The largest absolute Gasteiger partial charge is 0.285 e. The molecule has 2 rings (SSSR count). The average Bonchev–Trinajstić information content (AvgIpc) is 2.87. The molecule has 0 bridgehead atoms. The van der Waals surface area contributed by atoms with Gasteiger partial charge in [0.15, 0.2) is 11.4 Å². The Balaban J connectivity index is 2.07. The first-order valence-electron chi connectivity index (χ1n) is 4.64. The minimum atomic E-state index is -0.631. The Morgan fingerprint density at radius 1 is 1.00 bits per heavy atom. The van der Waals surface area contributed by atoms with Gasteiger partial charge in [-0.3, -0.25) is 24.3 Å². The Morgan fingerprint density at radius 3 is 1.71 bits per heavy atom. The van der Waals surface area contributed by atoms with E-state index >= 15 is 0 Å². The summed E-state index contributed by atoms with van der Waals surface area (Å²) < 4.78 is 2.73. The van der Waals surface area contributed by atoms with Crippen LogP contribution in [0.15, 0.2) is 12.4 Å². The molecule has 9 heteroatoms. The van der Waals surface area contributed by atoms with Crippen molar-refractivity contribution in [3.63, 3.8) is 0 Å². The molecule has 9 nitrogen and oxygen atoms in total. The van der Waals surface area contributed by atoms with Crippen LogP contribution in [0.25, 0.3) is 0 Å². The van der Waals surface area contributed by atoms with Crippen LogP contribution in [-0.4, -0.2) is 41.8 Å². The number of hydrogen-bond donors (Lipinski definition) is 1. The number of imide groups is 1. The van der Waals surface area contributed by atoms with Gasteiger partial charge in [-0.2, -0.15) is 0 Å². The predicted octanol–water partition coefficient (Wildman–Crippen LogP) is -1.49. The number of carbonyl (C=O) groups is 2. The Kier molecular flexibility index (Phi) is 2.65. The van der Waals surface area contributed by atoms with Crippen molar-refractivity contribution in [3.05, 3.63) is 23.8 Å². The highest BCUT2D eigenvalue weighted by molar-refractivity contribution is 6.08. The lowest BCUT2D eigenvalue weighted by Gasteiger charge is -1.96. The minimum Gasteiger partial charge on any atom is -0.285 e. The number of carbonyl (C=O) groups excluding carboxylic acids is 2. The van der Waals surface area contributed by atoms with Gasteiger partial charge >= 0.3 is 0 Å². The van der Waals surface area contributed by atoms with Gasteiger partial charge in [-0.25, -0.2) is 0 Å². The molecule has 0 atom stereocenters. The topological polar surface area (TPSA) is 108 Å². The third-order valence-corrected chi connectivity index (χ3v) is 1.90. The maximum Gasteiger partial charge on any atom is 0.280 e. The fourth-order valence-corrected chi connectivity index (χ4v) is 1.13. The van der Waals surface area contributed by atoms with E-state index in [9.17, 15) is 9.59 Å². The second-order valence-electron chi connectivity index (χ2n) is 3.34. The molecule has 17 heavy (non-hydrogen) atoms. The normalized spacial score (nSPS) is 10.2. The zero-order valence-electron chi connectivity index (χ0n) is 9.15. The lowest BCUT2D eigenvalue weighted by atomic mass is 10.4. The number of aromatic nitrogens is 6. The fraction of sp³-hybridized carbons (Fsp3) is 0.250. The smallest absolute Gasteiger partial charge is 0.280 e. The van der Waals surface area contributed by atoms with E-state index in [1.807, 2.05) is 0 Å². The highest BCUT2D eigenvalue weighted by Crippen LogP contribution is 1.94. The first-order valence-corrected chi connectivity index (χ1v) is 4.64. The van der Waals surface area contributed by atoms with E-state index in [-0.39, 0.29) is 11.4 Å². The molecule has 0 saturated carbocycles. The van der Waals surface area contributed by atoms with Crippen LogP contribution in [0.3, 0.4) is 0 Å². The highest BCUT2D eigenvalue weighted by Gasteiger charge is 2.16. The molecule has 0 aliphatic heterocycles. The molecule has 2 heterocycles. The molecule has 88 valence electrons. The number of rotatable bonds is 2. The maximum absolute atomic E-state index is 11.5. The Morgan fingerprint density at radius 2 is 1.41 bits per heavy atom. The minimum absolute atomic E-state index is 0.0599. The van der Waals surface area contributed by atoms with Crippen molar-refractivity contribution < 1.29 is 9.59 Å². The molecule has 0 radical (unpaired) electrons. The first-order chi connectivity index (χ1) is 8.06. The van der Waals surface area contributed by atoms with E-state index in [1.54, 1.807) is 14.1 Å². The Hall–Kier alpha value is -2.58. The molecule has 1 N–H and O–H groups in total. The van der Waals surface area contributed by atoms with Crippen LogP contribution in [-0.2, 0) is 14.1 Å². The number of hydrogen-bond acceptors (Lipinski definition) is 6. The number of nitrogens with one attached hydrogen (secondary N) is 1. The van der Waals surface area contributed by atoms with Crippen molar-refractivity contribution in [2.75, 3.05) is 0 Å². The van der Waals surface area contributed by atoms with Crippen molar-refractivity contribution in [2.45, 2.75) is 0 Å². The third-order valence-electron chi connectivity index (χ3n) is 1.90. The van der Waals surface area contributed by atoms with Crippen LogP contribution >= 0.6 is 0 Å². The average molecular weight is 235 g/mol. The molecule has 0 aliphatic carbocycles. The molecule has 0 saturated heterocycles. The molecule has 2 amide bonds. The summed E-state index contributed by atoms with van der Waals surface area (Å²) >= 11 is 0. The van der Waals surface area contributed by atoms with Crippen molar-refractivity contribution in [3.8, 4) is 0 Å². The molecular weight excluding hydrogens is 226 g/mol. The maximum atomic E-state index is 11.5. The summed E-state index contributed by atoms with van der Waals surface area (Å²) in [7, 11) is 3.24. The Labute approximate surface area is 95.4 Å². The summed E-state index contributed by atoms with van der Waals surface area (Å²) in [6.07, 6.45) is 2.80. The first kappa shape index (κ1) is 10.9. The summed E-state index contributed by atoms with van der Waals surface area (Å²) in [4.78, 5) is 23.1. The van der Waals surface area contributed by atoms with Gasteiger partial charge in [0.1, 0.15) is 0 Å². The van der Waals surface area contributed by atoms with Gasteiger partial charge < -0.3 is 0 Å². The standard InChI is InChI=1S/C8H9N7O2/c1-14-3-5(10-12-14)7(16)9-8(17)6-4-15(2)13-11-6/h3-4H,1-2H3,(H,9,16,17). The van der Waals surface area contributed by atoms with Crippen LogP contribution in [0.1, 0.15) is 21.0 Å². The van der Waals surface area contributed by atoms with Crippen LogP contribution in [0.4, 0.5) is 0 Å². The molecule has 2 aromatic heterocycles. The second kappa shape index (κ2) is 4.12. The van der Waals surface area contributed by atoms with Crippen molar-refractivity contribution >= 4 is 11.8 Å². The quantitative estimate of drug-likeness (QED) is 0.635. The van der Waals surface area contributed by atoms with Gasteiger partial charge in [-0.05, 0) is 0 Å². The van der Waals surface area contributed by atoms with E-state index in [4.69, 9.17) is 0 Å². The van der Waals surface area contributed by atoms with Gasteiger partial charge in [-0.1, -0.05) is 10.4 Å². The van der Waals surface area contributed by atoms with Crippen LogP contribution in [0.5, 0.6) is 0 Å². The molecule has 0 aromatic carbocycles. The van der Waals surface area contributed by atoms with E-state index in [2.05, 4.69) is 25.9 Å². The number of nitrogens with zero attached hydrogens (tertiary/aromatic N) is 6. The number of aryl methyl sites for hydroxylation is 2. The second-order valence-corrected chi connectivity index (χ2v) is 3.34. The molecule has 2 aromatic rings. The van der Waals surface area contributed by atoms with Crippen LogP contribution in [0, 0.1) is 0 Å². The lowest BCUT2D eigenvalue weighted by molar-refractivity contribution is 0.0843. The highest BCUT2D eigenvalue weighted by atomic mass is 16.2. The van der Waals surface area contributed by atoms with E-state index < -0.39 is 11.8 Å². The zero-order chi connectivity index (χ0) is 12.4. The van der Waals surface area contributed by atoms with Crippen LogP contribution < -0.4 is 5.32 Å². The predicted molar refractivity (Wildman–Crippen MR) is 53.8 cm³/mol. The number of amides is 2. The zero-order valence-corrected chi connectivity index (χ0v) is 9.15. The Bertz CT molecular complexity index is 520. The van der Waals surface area contributed by atoms with Crippen LogP contribution in [0.2, 0.25) is 0 Å². The molecular formula is C8H9N7O2. The SMILES string of the molecule is Cn1cc(C(=O)NC(=O)c2cn(C)nn2)nn1. The van der Waals surface area contributed by atoms with Gasteiger partial charge in [0.2, 0.25) is 0 Å². The summed E-state index contributed by atoms with van der Waals surface area (Å²) in [5.74, 6) is -1.26. The monoisotopic (exact) mass is 235 g/mol. The lowest BCUT2D eigenvalue weighted by Crippen LogP contribution is -2.31. The third kappa shape index (κ3) is 2.33.